The molecule has 0 aliphatic rings. The minimum absolute atomic E-state index is 0.0927. The first kappa shape index (κ1) is 20.8. The molecule has 0 saturated carbocycles. The van der Waals surface area contributed by atoms with Gasteiger partial charge in [-0.2, -0.15) is 0 Å². The van der Waals surface area contributed by atoms with Crippen molar-refractivity contribution in [3.05, 3.63) is 65.7 Å². The Hall–Kier alpha value is -3.49. The quantitative estimate of drug-likeness (QED) is 0.628. The van der Waals surface area contributed by atoms with Crippen molar-refractivity contribution in [2.24, 2.45) is 5.73 Å². The third-order valence-electron chi connectivity index (χ3n) is 3.73. The van der Waals surface area contributed by atoms with Crippen LogP contribution in [0.3, 0.4) is 0 Å². The van der Waals surface area contributed by atoms with Crippen LogP contribution in [0, 0.1) is 11.6 Å². The maximum Gasteiger partial charge on any atom is 0.329 e. The summed E-state index contributed by atoms with van der Waals surface area (Å²) in [7, 11) is 0. The molecular weight excluding hydrogens is 372 g/mol. The Bertz CT molecular complexity index is 862. The third kappa shape index (κ3) is 6.04. The summed E-state index contributed by atoms with van der Waals surface area (Å²) < 4.78 is 31.9. The van der Waals surface area contributed by atoms with Gasteiger partial charge in [0.2, 0.25) is 0 Å². The lowest BCUT2D eigenvalue weighted by Gasteiger charge is -2.20. The second kappa shape index (κ2) is 9.45. The van der Waals surface area contributed by atoms with Crippen molar-refractivity contribution in [2.45, 2.75) is 25.5 Å². The van der Waals surface area contributed by atoms with Crippen molar-refractivity contribution >= 4 is 23.6 Å². The van der Waals surface area contributed by atoms with Crippen LogP contribution in [0.15, 0.2) is 48.5 Å². The smallest absolute Gasteiger partial charge is 0.329 e. The maximum absolute atomic E-state index is 13.6. The van der Waals surface area contributed by atoms with Gasteiger partial charge in [0, 0.05) is 12.5 Å². The lowest BCUT2D eigenvalue weighted by atomic mass is 10.1. The molecule has 0 radical (unpaired) electrons. The fraction of sp³-hybridized carbons (Fsp3) is 0.211. The number of hydrogen-bond acceptors (Lipinski definition) is 4. The second-order valence-electron chi connectivity index (χ2n) is 5.94. The Morgan fingerprint density at radius 1 is 1.11 bits per heavy atom. The van der Waals surface area contributed by atoms with Crippen LogP contribution < -0.4 is 16.4 Å². The number of benzene rings is 2. The number of carbonyl (C=O) groups is 3. The summed E-state index contributed by atoms with van der Waals surface area (Å²) in [6.07, 6.45) is -1.24. The largest absolute Gasteiger partial charge is 0.451 e. The van der Waals surface area contributed by atoms with Gasteiger partial charge in [-0.1, -0.05) is 30.3 Å². The number of esters is 1. The van der Waals surface area contributed by atoms with E-state index in [1.54, 1.807) is 30.3 Å². The van der Waals surface area contributed by atoms with Crippen molar-refractivity contribution in [3.8, 4) is 0 Å². The molecular formula is C19H19F2N3O4. The average molecular weight is 391 g/mol. The number of anilines is 1. The number of ether oxygens (including phenoxy) is 1. The Morgan fingerprint density at radius 2 is 1.79 bits per heavy atom. The van der Waals surface area contributed by atoms with Gasteiger partial charge in [0.05, 0.1) is 5.69 Å². The molecule has 0 spiro atoms. The highest BCUT2D eigenvalue weighted by molar-refractivity contribution is 5.95. The summed E-state index contributed by atoms with van der Waals surface area (Å²) in [4.78, 5) is 35.7. The summed E-state index contributed by atoms with van der Waals surface area (Å²) in [5.41, 5.74) is 5.44. The Labute approximate surface area is 159 Å². The Balaban J connectivity index is 2.03. The zero-order valence-electron chi connectivity index (χ0n) is 14.9. The van der Waals surface area contributed by atoms with E-state index in [-0.39, 0.29) is 12.1 Å². The van der Waals surface area contributed by atoms with E-state index in [4.69, 9.17) is 10.5 Å². The second-order valence-corrected chi connectivity index (χ2v) is 5.94. The molecule has 0 fully saturated rings. The molecule has 2 rings (SSSR count). The van der Waals surface area contributed by atoms with E-state index in [1.807, 2.05) is 0 Å². The van der Waals surface area contributed by atoms with E-state index >= 15 is 0 Å². The van der Waals surface area contributed by atoms with Crippen molar-refractivity contribution in [3.63, 3.8) is 0 Å². The zero-order valence-corrected chi connectivity index (χ0v) is 14.9. The molecule has 148 valence electrons. The number of hydrogen-bond donors (Lipinski definition) is 3. The third-order valence-corrected chi connectivity index (χ3v) is 3.73. The number of amides is 3. The van der Waals surface area contributed by atoms with Gasteiger partial charge in [0.25, 0.3) is 5.91 Å². The van der Waals surface area contributed by atoms with Gasteiger partial charge < -0.3 is 21.1 Å². The first-order valence-electron chi connectivity index (χ1n) is 8.32. The lowest BCUT2D eigenvalue weighted by Crippen LogP contribution is -2.47. The fourth-order valence-electron chi connectivity index (χ4n) is 2.35. The van der Waals surface area contributed by atoms with Gasteiger partial charge in [0.1, 0.15) is 17.7 Å². The zero-order chi connectivity index (χ0) is 20.7. The SMILES string of the molecule is C[C@H](OC(=O)[C@H](Cc1ccccc1)NC(N)=O)C(=O)Nc1cc(F)ccc1F. The molecule has 0 heterocycles. The number of primary amides is 1. The van der Waals surface area contributed by atoms with E-state index < -0.39 is 41.7 Å². The molecule has 0 saturated heterocycles. The molecule has 3 amide bonds. The van der Waals surface area contributed by atoms with Crippen molar-refractivity contribution in [1.82, 2.24) is 5.32 Å². The lowest BCUT2D eigenvalue weighted by molar-refractivity contribution is -0.155. The van der Waals surface area contributed by atoms with Crippen LogP contribution in [0.4, 0.5) is 19.3 Å². The molecule has 28 heavy (non-hydrogen) atoms. The molecule has 2 atom stereocenters. The number of nitrogens with two attached hydrogens (primary N) is 1. The van der Waals surface area contributed by atoms with E-state index in [2.05, 4.69) is 10.6 Å². The van der Waals surface area contributed by atoms with Crippen LogP contribution >= 0.6 is 0 Å². The highest BCUT2D eigenvalue weighted by Crippen LogP contribution is 2.16. The number of carbonyl (C=O) groups excluding carboxylic acids is 3. The highest BCUT2D eigenvalue weighted by atomic mass is 19.1. The van der Waals surface area contributed by atoms with Crippen LogP contribution in [-0.2, 0) is 20.7 Å². The molecule has 0 unspecified atom stereocenters. The predicted molar refractivity (Wildman–Crippen MR) is 97.2 cm³/mol. The topological polar surface area (TPSA) is 111 Å². The minimum atomic E-state index is -1.33. The van der Waals surface area contributed by atoms with E-state index in [0.717, 1.165) is 23.8 Å². The van der Waals surface area contributed by atoms with Gasteiger partial charge in [-0.3, -0.25) is 4.79 Å². The molecule has 0 bridgehead atoms. The Kier molecular flexibility index (Phi) is 7.02. The van der Waals surface area contributed by atoms with E-state index in [9.17, 15) is 23.2 Å². The van der Waals surface area contributed by atoms with Gasteiger partial charge in [-0.15, -0.1) is 0 Å². The first-order valence-corrected chi connectivity index (χ1v) is 8.32. The number of nitrogens with one attached hydrogen (secondary N) is 2. The molecule has 2 aromatic carbocycles. The molecule has 0 aromatic heterocycles. The first-order chi connectivity index (χ1) is 13.3. The van der Waals surface area contributed by atoms with Crippen molar-refractivity contribution in [2.75, 3.05) is 5.32 Å². The van der Waals surface area contributed by atoms with Crippen LogP contribution in [0.1, 0.15) is 12.5 Å². The van der Waals surface area contributed by atoms with E-state index in [1.165, 1.54) is 6.92 Å². The van der Waals surface area contributed by atoms with Crippen LogP contribution in [-0.4, -0.2) is 30.1 Å². The van der Waals surface area contributed by atoms with Crippen molar-refractivity contribution < 1.29 is 27.9 Å². The molecule has 0 aliphatic carbocycles. The van der Waals surface area contributed by atoms with Crippen LogP contribution in [0.25, 0.3) is 0 Å². The number of halogens is 2. The fourth-order valence-corrected chi connectivity index (χ4v) is 2.35. The molecule has 4 N–H and O–H groups in total. The summed E-state index contributed by atoms with van der Waals surface area (Å²) in [6.45, 7) is 1.26. The Morgan fingerprint density at radius 3 is 2.43 bits per heavy atom. The monoisotopic (exact) mass is 391 g/mol. The average Bonchev–Trinajstić information content (AvgIpc) is 2.64. The van der Waals surface area contributed by atoms with Gasteiger partial charge in [-0.05, 0) is 24.6 Å². The van der Waals surface area contributed by atoms with Gasteiger partial charge in [0.15, 0.2) is 6.10 Å². The molecule has 7 nitrogen and oxygen atoms in total. The minimum Gasteiger partial charge on any atom is -0.451 e. The molecule has 0 aliphatic heterocycles. The van der Waals surface area contributed by atoms with Gasteiger partial charge >= 0.3 is 12.0 Å². The summed E-state index contributed by atoms with van der Waals surface area (Å²) in [5.74, 6) is -3.35. The van der Waals surface area contributed by atoms with E-state index in [0.29, 0.717) is 0 Å². The normalized spacial score (nSPS) is 12.5. The van der Waals surface area contributed by atoms with Gasteiger partial charge in [-0.25, -0.2) is 18.4 Å². The highest BCUT2D eigenvalue weighted by Gasteiger charge is 2.26. The summed E-state index contributed by atoms with van der Waals surface area (Å²) in [6, 6.07) is 9.28. The van der Waals surface area contributed by atoms with Crippen molar-refractivity contribution in [1.29, 1.82) is 0 Å². The summed E-state index contributed by atoms with van der Waals surface area (Å²) >= 11 is 0. The molecule has 9 heteroatoms. The number of rotatable bonds is 7. The number of urea groups is 1. The predicted octanol–water partition coefficient (Wildman–Crippen LogP) is 2.11. The maximum atomic E-state index is 13.6. The van der Waals surface area contributed by atoms with Crippen LogP contribution in [0.2, 0.25) is 0 Å². The standard InChI is InChI=1S/C19H19F2N3O4/c1-11(17(25)23-15-10-13(20)7-8-14(15)21)28-18(26)16(24-19(22)27)9-12-5-3-2-4-6-12/h2-8,10-11,16H,9H2,1H3,(H,23,25)(H3,22,24,27)/t11-,16-/m0/s1. The molecule has 2 aromatic rings. The summed E-state index contributed by atoms with van der Waals surface area (Å²) in [5, 5.41) is 4.40. The van der Waals surface area contributed by atoms with Crippen LogP contribution in [0.5, 0.6) is 0 Å².